The Balaban J connectivity index is 1.68. The molecule has 1 atom stereocenters. The molecular weight excluding hydrogens is 311 g/mol. The van der Waals surface area contributed by atoms with Gasteiger partial charge < -0.3 is 9.47 Å². The van der Waals surface area contributed by atoms with Crippen molar-refractivity contribution in [2.75, 3.05) is 6.79 Å². The number of amides is 1. The van der Waals surface area contributed by atoms with Crippen LogP contribution in [0.2, 0.25) is 0 Å². The van der Waals surface area contributed by atoms with E-state index >= 15 is 0 Å². The van der Waals surface area contributed by atoms with Gasteiger partial charge in [0.05, 0.1) is 11.8 Å². The molecule has 6 heteroatoms. The zero-order chi connectivity index (χ0) is 16.7. The second-order valence-corrected chi connectivity index (χ2v) is 5.75. The first kappa shape index (κ1) is 14.7. The molecule has 2 aromatic carbocycles. The highest BCUT2D eigenvalue weighted by Crippen LogP contribution is 2.37. The van der Waals surface area contributed by atoms with Gasteiger partial charge in [-0.15, -0.1) is 0 Å². The predicted octanol–water partition coefficient (Wildman–Crippen LogP) is 3.25. The minimum absolute atomic E-state index is 0.181. The zero-order valence-electron chi connectivity index (χ0n) is 13.0. The smallest absolute Gasteiger partial charge is 0.240 e. The molecule has 0 aromatic heterocycles. The van der Waals surface area contributed by atoms with Crippen molar-refractivity contribution in [3.8, 4) is 11.5 Å². The van der Waals surface area contributed by atoms with E-state index in [-0.39, 0.29) is 24.6 Å². The van der Waals surface area contributed by atoms with Crippen molar-refractivity contribution in [3.05, 3.63) is 59.4 Å². The van der Waals surface area contributed by atoms with Crippen molar-refractivity contribution >= 4 is 11.6 Å². The van der Waals surface area contributed by atoms with Crippen molar-refractivity contribution in [3.63, 3.8) is 0 Å². The second-order valence-electron chi connectivity index (χ2n) is 5.75. The lowest BCUT2D eigenvalue weighted by Gasteiger charge is -2.20. The molecule has 0 unspecified atom stereocenters. The van der Waals surface area contributed by atoms with Gasteiger partial charge in [0.15, 0.2) is 11.5 Å². The molecule has 1 amide bonds. The van der Waals surface area contributed by atoms with Crippen LogP contribution in [-0.2, 0) is 4.79 Å². The molecule has 0 saturated carbocycles. The summed E-state index contributed by atoms with van der Waals surface area (Å²) >= 11 is 0. The molecule has 0 N–H and O–H groups in total. The van der Waals surface area contributed by atoms with E-state index in [1.165, 1.54) is 24.1 Å². The number of benzene rings is 2. The first-order valence-electron chi connectivity index (χ1n) is 7.64. The van der Waals surface area contributed by atoms with Crippen LogP contribution in [0.5, 0.6) is 11.5 Å². The van der Waals surface area contributed by atoms with E-state index in [2.05, 4.69) is 5.10 Å². The number of nitrogens with zero attached hydrogens (tertiary/aromatic N) is 2. The normalized spacial score (nSPS) is 18.7. The summed E-state index contributed by atoms with van der Waals surface area (Å²) in [4.78, 5) is 12.0. The van der Waals surface area contributed by atoms with Gasteiger partial charge >= 0.3 is 0 Å². The molecular formula is C18H15FN2O3. The average Bonchev–Trinajstić information content (AvgIpc) is 3.21. The number of carbonyl (C=O) groups is 1. The lowest BCUT2D eigenvalue weighted by atomic mass is 9.98. The topological polar surface area (TPSA) is 51.1 Å². The third-order valence-corrected chi connectivity index (χ3v) is 4.17. The summed E-state index contributed by atoms with van der Waals surface area (Å²) in [5.41, 5.74) is 2.35. The number of ether oxygens (including phenoxy) is 2. The van der Waals surface area contributed by atoms with Crippen LogP contribution in [0.1, 0.15) is 30.5 Å². The van der Waals surface area contributed by atoms with Crippen LogP contribution >= 0.6 is 0 Å². The predicted molar refractivity (Wildman–Crippen MR) is 85.4 cm³/mol. The Hall–Kier alpha value is -2.89. The van der Waals surface area contributed by atoms with Crippen molar-refractivity contribution in [1.82, 2.24) is 5.01 Å². The van der Waals surface area contributed by atoms with E-state index in [4.69, 9.17) is 9.47 Å². The van der Waals surface area contributed by atoms with E-state index in [1.807, 2.05) is 24.3 Å². The third-order valence-electron chi connectivity index (χ3n) is 4.17. The van der Waals surface area contributed by atoms with Gasteiger partial charge in [-0.1, -0.05) is 12.1 Å². The van der Waals surface area contributed by atoms with Crippen LogP contribution in [0.3, 0.4) is 0 Å². The van der Waals surface area contributed by atoms with Gasteiger partial charge in [0.25, 0.3) is 0 Å². The van der Waals surface area contributed by atoms with E-state index in [0.29, 0.717) is 17.9 Å². The number of hydrogen-bond donors (Lipinski definition) is 0. The number of carbonyl (C=O) groups excluding carboxylic acids is 1. The molecule has 2 aromatic rings. The Morgan fingerprint density at radius 1 is 1.21 bits per heavy atom. The molecule has 2 aliphatic rings. The average molecular weight is 326 g/mol. The number of hydrazone groups is 1. The summed E-state index contributed by atoms with van der Waals surface area (Å²) in [6.07, 6.45) is 0.517. The Morgan fingerprint density at radius 2 is 2.04 bits per heavy atom. The van der Waals surface area contributed by atoms with Gasteiger partial charge in [-0.05, 0) is 35.9 Å². The Morgan fingerprint density at radius 3 is 2.83 bits per heavy atom. The summed E-state index contributed by atoms with van der Waals surface area (Å²) in [5, 5.41) is 5.86. The highest BCUT2D eigenvalue weighted by Gasteiger charge is 2.32. The van der Waals surface area contributed by atoms with Crippen LogP contribution in [0.4, 0.5) is 4.39 Å². The molecule has 2 aliphatic heterocycles. The van der Waals surface area contributed by atoms with E-state index in [9.17, 15) is 9.18 Å². The molecule has 0 fully saturated rings. The minimum Gasteiger partial charge on any atom is -0.454 e. The summed E-state index contributed by atoms with van der Waals surface area (Å²) in [6.45, 7) is 1.66. The Kier molecular flexibility index (Phi) is 3.45. The second kappa shape index (κ2) is 5.63. The quantitative estimate of drug-likeness (QED) is 0.851. The van der Waals surface area contributed by atoms with Crippen molar-refractivity contribution in [2.45, 2.75) is 19.4 Å². The van der Waals surface area contributed by atoms with Gasteiger partial charge in [0, 0.05) is 18.9 Å². The number of rotatable bonds is 2. The van der Waals surface area contributed by atoms with Gasteiger partial charge in [0.1, 0.15) is 5.82 Å². The summed E-state index contributed by atoms with van der Waals surface area (Å²) < 4.78 is 24.3. The van der Waals surface area contributed by atoms with Crippen LogP contribution < -0.4 is 9.47 Å². The number of fused-ring (bicyclic) bond motifs is 1. The molecule has 0 spiro atoms. The third kappa shape index (κ3) is 2.50. The van der Waals surface area contributed by atoms with Gasteiger partial charge in [-0.2, -0.15) is 5.10 Å². The molecule has 24 heavy (non-hydrogen) atoms. The van der Waals surface area contributed by atoms with Crippen LogP contribution in [0, 0.1) is 5.82 Å². The fourth-order valence-electron chi connectivity index (χ4n) is 3.02. The highest BCUT2D eigenvalue weighted by molar-refractivity contribution is 6.03. The molecule has 4 rings (SSSR count). The fraction of sp³-hybridized carbons (Fsp3) is 0.222. The molecule has 0 aliphatic carbocycles. The lowest BCUT2D eigenvalue weighted by Crippen LogP contribution is -2.24. The van der Waals surface area contributed by atoms with Crippen LogP contribution in [0.25, 0.3) is 0 Å². The van der Waals surface area contributed by atoms with Crippen molar-refractivity contribution in [2.24, 2.45) is 5.10 Å². The van der Waals surface area contributed by atoms with Gasteiger partial charge in [-0.3, -0.25) is 4.79 Å². The fourth-order valence-corrected chi connectivity index (χ4v) is 3.02. The maximum absolute atomic E-state index is 13.5. The molecule has 2 heterocycles. The SMILES string of the molecule is CC(=O)N1N=C(c2ccc3c(c2)OCO3)C[C@H]1c1cccc(F)c1. The number of hydrogen-bond acceptors (Lipinski definition) is 4. The molecule has 122 valence electrons. The Bertz CT molecular complexity index is 850. The standard InChI is InChI=1S/C18H15FN2O3/c1-11(22)21-16(13-3-2-4-14(19)7-13)9-15(20-21)12-5-6-17-18(8-12)24-10-23-17/h2-8,16H,9-10H2,1H3/t16-/m0/s1. The van der Waals surface area contributed by atoms with Gasteiger partial charge in [-0.25, -0.2) is 9.40 Å². The molecule has 5 nitrogen and oxygen atoms in total. The maximum atomic E-state index is 13.5. The minimum atomic E-state index is -0.326. The van der Waals surface area contributed by atoms with Crippen LogP contribution in [-0.4, -0.2) is 23.4 Å². The summed E-state index contributed by atoms with van der Waals surface area (Å²) in [7, 11) is 0. The van der Waals surface area contributed by atoms with E-state index in [0.717, 1.165) is 16.8 Å². The molecule has 0 radical (unpaired) electrons. The molecule has 0 saturated heterocycles. The van der Waals surface area contributed by atoms with E-state index in [1.54, 1.807) is 6.07 Å². The maximum Gasteiger partial charge on any atom is 0.240 e. The lowest BCUT2D eigenvalue weighted by molar-refractivity contribution is -0.130. The highest BCUT2D eigenvalue weighted by atomic mass is 19.1. The zero-order valence-corrected chi connectivity index (χ0v) is 13.0. The first-order valence-corrected chi connectivity index (χ1v) is 7.64. The summed E-state index contributed by atoms with van der Waals surface area (Å²) in [5.74, 6) is 0.855. The van der Waals surface area contributed by atoms with E-state index < -0.39 is 0 Å². The first-order chi connectivity index (χ1) is 11.6. The largest absolute Gasteiger partial charge is 0.454 e. The molecule has 0 bridgehead atoms. The monoisotopic (exact) mass is 326 g/mol. The summed E-state index contributed by atoms with van der Waals surface area (Å²) in [6, 6.07) is 11.5. The van der Waals surface area contributed by atoms with Crippen LogP contribution in [0.15, 0.2) is 47.6 Å². The van der Waals surface area contributed by atoms with Crippen molar-refractivity contribution in [1.29, 1.82) is 0 Å². The number of halogens is 1. The Labute approximate surface area is 138 Å². The van der Waals surface area contributed by atoms with Gasteiger partial charge in [0.2, 0.25) is 12.7 Å². The van der Waals surface area contributed by atoms with Crippen molar-refractivity contribution < 1.29 is 18.7 Å².